The summed E-state index contributed by atoms with van der Waals surface area (Å²) in [7, 11) is 0. The first-order chi connectivity index (χ1) is 13.8. The fraction of sp³-hybridized carbons (Fsp3) is 0.409. The van der Waals surface area contributed by atoms with Crippen molar-refractivity contribution in [2.24, 2.45) is 0 Å². The van der Waals surface area contributed by atoms with Crippen LogP contribution in [0.5, 0.6) is 11.5 Å². The minimum atomic E-state index is -0.151. The van der Waals surface area contributed by atoms with Gasteiger partial charge in [-0.15, -0.1) is 0 Å². The summed E-state index contributed by atoms with van der Waals surface area (Å²) in [5.74, 6) is 1.54. The molecule has 0 spiro atoms. The molecule has 28 heavy (non-hydrogen) atoms. The molecule has 0 bridgehead atoms. The Hall–Kier alpha value is -2.57. The maximum absolute atomic E-state index is 12.3. The molecule has 4 rings (SSSR count). The zero-order valence-electron chi connectivity index (χ0n) is 16.0. The second-order valence-corrected chi connectivity index (χ2v) is 7.34. The maximum Gasteiger partial charge on any atom is 0.234 e. The van der Waals surface area contributed by atoms with Crippen LogP contribution in [0.15, 0.2) is 54.6 Å². The van der Waals surface area contributed by atoms with E-state index in [4.69, 9.17) is 9.47 Å². The van der Waals surface area contributed by atoms with Gasteiger partial charge >= 0.3 is 0 Å². The number of nitrogens with one attached hydrogen (secondary N) is 1. The number of hydrogen-bond donors (Lipinski definition) is 1. The minimum absolute atomic E-state index is 0.0407. The zero-order chi connectivity index (χ0) is 19.2. The highest BCUT2D eigenvalue weighted by molar-refractivity contribution is 5.78. The molecular weight excluding hydrogens is 354 g/mol. The van der Waals surface area contributed by atoms with Crippen LogP contribution in [0.4, 0.5) is 0 Å². The van der Waals surface area contributed by atoms with Crippen molar-refractivity contribution in [3.8, 4) is 11.5 Å². The largest absolute Gasteiger partial charge is 0.486 e. The average Bonchev–Trinajstić information content (AvgIpc) is 2.74. The van der Waals surface area contributed by atoms with E-state index in [9.17, 15) is 4.79 Å². The molecule has 0 radical (unpaired) electrons. The second kappa shape index (κ2) is 9.08. The normalized spacial score (nSPS) is 19.9. The van der Waals surface area contributed by atoms with Crippen molar-refractivity contribution in [3.05, 3.63) is 60.2 Å². The summed E-state index contributed by atoms with van der Waals surface area (Å²) in [6.45, 7) is 6.12. The van der Waals surface area contributed by atoms with Crippen molar-refractivity contribution in [2.45, 2.75) is 12.6 Å². The van der Waals surface area contributed by atoms with Crippen LogP contribution in [0.2, 0.25) is 0 Å². The summed E-state index contributed by atoms with van der Waals surface area (Å²) in [6, 6.07) is 18.1. The molecule has 2 aromatic rings. The van der Waals surface area contributed by atoms with Crippen molar-refractivity contribution < 1.29 is 14.3 Å². The first-order valence-electron chi connectivity index (χ1n) is 9.90. The summed E-state index contributed by atoms with van der Waals surface area (Å²) < 4.78 is 11.6. The highest BCUT2D eigenvalue weighted by atomic mass is 16.6. The Balaban J connectivity index is 1.15. The Bertz CT molecular complexity index is 776. The van der Waals surface area contributed by atoms with E-state index in [0.29, 0.717) is 19.7 Å². The monoisotopic (exact) mass is 381 g/mol. The molecule has 148 valence electrons. The zero-order valence-corrected chi connectivity index (χ0v) is 16.0. The van der Waals surface area contributed by atoms with Crippen molar-refractivity contribution in [3.63, 3.8) is 0 Å². The smallest absolute Gasteiger partial charge is 0.234 e. The van der Waals surface area contributed by atoms with E-state index in [1.54, 1.807) is 0 Å². The van der Waals surface area contributed by atoms with Gasteiger partial charge in [-0.25, -0.2) is 0 Å². The van der Waals surface area contributed by atoms with E-state index < -0.39 is 0 Å². The van der Waals surface area contributed by atoms with E-state index in [1.165, 1.54) is 5.56 Å². The van der Waals surface area contributed by atoms with Crippen LogP contribution in [0.3, 0.4) is 0 Å². The number of ether oxygens (including phenoxy) is 2. The highest BCUT2D eigenvalue weighted by Crippen LogP contribution is 2.30. The first kappa shape index (κ1) is 18.8. The van der Waals surface area contributed by atoms with Gasteiger partial charge in [-0.05, 0) is 17.7 Å². The lowest BCUT2D eigenvalue weighted by molar-refractivity contribution is -0.123. The van der Waals surface area contributed by atoms with Crippen LogP contribution in [0.25, 0.3) is 0 Å². The number of benzene rings is 2. The van der Waals surface area contributed by atoms with Gasteiger partial charge < -0.3 is 14.8 Å². The topological polar surface area (TPSA) is 54.0 Å². The summed E-state index contributed by atoms with van der Waals surface area (Å²) in [5.41, 5.74) is 1.34. The number of fused-ring (bicyclic) bond motifs is 1. The molecule has 2 aromatic carbocycles. The number of piperazine rings is 1. The Morgan fingerprint density at radius 1 is 0.929 bits per heavy atom. The molecule has 0 aromatic heterocycles. The molecule has 0 unspecified atom stereocenters. The quantitative estimate of drug-likeness (QED) is 0.826. The predicted molar refractivity (Wildman–Crippen MR) is 108 cm³/mol. The minimum Gasteiger partial charge on any atom is -0.486 e. The van der Waals surface area contributed by atoms with Crippen LogP contribution in [0, 0.1) is 0 Å². The van der Waals surface area contributed by atoms with Gasteiger partial charge in [0, 0.05) is 32.7 Å². The number of nitrogens with zero attached hydrogens (tertiary/aromatic N) is 2. The summed E-state index contributed by atoms with van der Waals surface area (Å²) >= 11 is 0. The van der Waals surface area contributed by atoms with Gasteiger partial charge in [-0.1, -0.05) is 42.5 Å². The van der Waals surface area contributed by atoms with Crippen molar-refractivity contribution in [1.82, 2.24) is 15.1 Å². The molecule has 0 saturated carbocycles. The standard InChI is InChI=1S/C22H27N3O3/c26-22(23-14-19-17-27-20-8-4-5-9-21(20)28-19)16-25-12-10-24(11-13-25)15-18-6-2-1-3-7-18/h1-9,19H,10-17H2,(H,23,26)/t19-/m0/s1. The molecule has 2 aliphatic heterocycles. The Morgan fingerprint density at radius 3 is 2.39 bits per heavy atom. The van der Waals surface area contributed by atoms with Crippen LogP contribution < -0.4 is 14.8 Å². The Morgan fingerprint density at radius 2 is 1.61 bits per heavy atom. The second-order valence-electron chi connectivity index (χ2n) is 7.34. The maximum atomic E-state index is 12.3. The van der Waals surface area contributed by atoms with Crippen LogP contribution in [-0.4, -0.2) is 67.7 Å². The molecule has 1 N–H and O–H groups in total. The fourth-order valence-corrected chi connectivity index (χ4v) is 3.60. The van der Waals surface area contributed by atoms with Gasteiger partial charge in [-0.3, -0.25) is 14.6 Å². The van der Waals surface area contributed by atoms with E-state index in [2.05, 4.69) is 39.4 Å². The molecule has 1 atom stereocenters. The number of carbonyl (C=O) groups is 1. The van der Waals surface area contributed by atoms with Gasteiger partial charge in [0.1, 0.15) is 12.7 Å². The third-order valence-electron chi connectivity index (χ3n) is 5.18. The Kier molecular flexibility index (Phi) is 6.09. The first-order valence-corrected chi connectivity index (χ1v) is 9.90. The summed E-state index contributed by atoms with van der Waals surface area (Å²) in [6.07, 6.45) is -0.151. The number of para-hydroxylation sites is 2. The molecule has 2 aliphatic rings. The van der Waals surface area contributed by atoms with E-state index in [-0.39, 0.29) is 12.0 Å². The van der Waals surface area contributed by atoms with Crippen LogP contribution in [0.1, 0.15) is 5.56 Å². The lowest BCUT2D eigenvalue weighted by Gasteiger charge is -2.34. The molecule has 6 heteroatoms. The number of amides is 1. The number of hydrogen-bond acceptors (Lipinski definition) is 5. The van der Waals surface area contributed by atoms with Crippen molar-refractivity contribution in [2.75, 3.05) is 45.9 Å². The van der Waals surface area contributed by atoms with Crippen LogP contribution >= 0.6 is 0 Å². The van der Waals surface area contributed by atoms with E-state index in [0.717, 1.165) is 44.2 Å². The number of rotatable bonds is 6. The predicted octanol–water partition coefficient (Wildman–Crippen LogP) is 1.76. The lowest BCUT2D eigenvalue weighted by Crippen LogP contribution is -2.50. The molecule has 1 fully saturated rings. The SMILES string of the molecule is O=C(CN1CCN(Cc2ccccc2)CC1)NC[C@H]1COc2ccccc2O1. The average molecular weight is 381 g/mol. The molecule has 2 heterocycles. The summed E-state index contributed by atoms with van der Waals surface area (Å²) in [5, 5.41) is 2.98. The Labute approximate surface area is 166 Å². The number of carbonyl (C=O) groups excluding carboxylic acids is 1. The van der Waals surface area contributed by atoms with E-state index in [1.807, 2.05) is 30.3 Å². The van der Waals surface area contributed by atoms with Crippen LogP contribution in [-0.2, 0) is 11.3 Å². The molecule has 6 nitrogen and oxygen atoms in total. The molecule has 1 saturated heterocycles. The molecule has 1 amide bonds. The van der Waals surface area contributed by atoms with E-state index >= 15 is 0 Å². The van der Waals surface area contributed by atoms with Gasteiger partial charge in [0.05, 0.1) is 13.1 Å². The summed E-state index contributed by atoms with van der Waals surface area (Å²) in [4.78, 5) is 17.0. The van der Waals surface area contributed by atoms with Crippen molar-refractivity contribution in [1.29, 1.82) is 0 Å². The van der Waals surface area contributed by atoms with Crippen molar-refractivity contribution >= 4 is 5.91 Å². The van der Waals surface area contributed by atoms with Gasteiger partial charge in [-0.2, -0.15) is 0 Å². The molecule has 0 aliphatic carbocycles. The highest BCUT2D eigenvalue weighted by Gasteiger charge is 2.22. The van der Waals surface area contributed by atoms with Gasteiger partial charge in [0.2, 0.25) is 5.91 Å². The fourth-order valence-electron chi connectivity index (χ4n) is 3.60. The molecular formula is C22H27N3O3. The lowest BCUT2D eigenvalue weighted by atomic mass is 10.2. The third-order valence-corrected chi connectivity index (χ3v) is 5.18. The van der Waals surface area contributed by atoms with Gasteiger partial charge in [0.25, 0.3) is 0 Å². The van der Waals surface area contributed by atoms with Gasteiger partial charge in [0.15, 0.2) is 11.5 Å². The third kappa shape index (κ3) is 5.03.